The Morgan fingerprint density at radius 2 is 2.00 bits per heavy atom. The fraction of sp³-hybridized carbons (Fsp3) is 0.824. The number of hydrogen-bond donors (Lipinski definition) is 1. The molecule has 3 heteroatoms. The van der Waals surface area contributed by atoms with Crippen LogP contribution >= 0.6 is 0 Å². The lowest BCUT2D eigenvalue weighted by Crippen LogP contribution is -2.32. The largest absolute Gasteiger partial charge is 0.308 e. The molecule has 0 amide bonds. The molecular weight excluding hydrogens is 246 g/mol. The number of aryl methyl sites for hydroxylation is 1. The van der Waals surface area contributed by atoms with Gasteiger partial charge < -0.3 is 5.32 Å². The molecule has 3 nitrogen and oxygen atoms in total. The molecule has 114 valence electrons. The zero-order valence-electron chi connectivity index (χ0n) is 13.4. The van der Waals surface area contributed by atoms with Gasteiger partial charge in [-0.25, -0.2) is 0 Å². The topological polar surface area (TPSA) is 29.9 Å². The maximum absolute atomic E-state index is 4.65. The van der Waals surface area contributed by atoms with Crippen molar-refractivity contribution in [3.8, 4) is 0 Å². The number of aromatic nitrogens is 2. The van der Waals surface area contributed by atoms with E-state index in [4.69, 9.17) is 0 Å². The molecule has 1 aromatic heterocycles. The van der Waals surface area contributed by atoms with E-state index in [1.54, 1.807) is 0 Å². The molecule has 2 rings (SSSR count). The van der Waals surface area contributed by atoms with Crippen LogP contribution in [0.5, 0.6) is 0 Å². The van der Waals surface area contributed by atoms with Crippen LogP contribution in [-0.4, -0.2) is 16.3 Å². The highest BCUT2D eigenvalue weighted by Gasteiger charge is 2.29. The van der Waals surface area contributed by atoms with Crippen LogP contribution in [0.2, 0.25) is 0 Å². The zero-order chi connectivity index (χ0) is 14.4. The van der Waals surface area contributed by atoms with Gasteiger partial charge >= 0.3 is 0 Å². The lowest BCUT2D eigenvalue weighted by atomic mass is 9.76. The van der Waals surface area contributed by atoms with Crippen molar-refractivity contribution in [2.45, 2.75) is 64.8 Å². The summed E-state index contributed by atoms with van der Waals surface area (Å²) in [6, 6.07) is 2.64. The highest BCUT2D eigenvalue weighted by atomic mass is 15.3. The Labute approximate surface area is 124 Å². The van der Waals surface area contributed by atoms with Crippen LogP contribution in [-0.2, 0) is 7.05 Å². The minimum atomic E-state index is 0.457. The third kappa shape index (κ3) is 4.08. The van der Waals surface area contributed by atoms with Crippen LogP contribution in [0.15, 0.2) is 12.3 Å². The van der Waals surface area contributed by atoms with Gasteiger partial charge in [0, 0.05) is 13.2 Å². The van der Waals surface area contributed by atoms with Crippen molar-refractivity contribution in [1.82, 2.24) is 15.1 Å². The number of nitrogens with zero attached hydrogens (tertiary/aromatic N) is 2. The number of rotatable bonds is 7. The molecule has 1 N–H and O–H groups in total. The zero-order valence-corrected chi connectivity index (χ0v) is 13.4. The summed E-state index contributed by atoms with van der Waals surface area (Å²) < 4.78 is 1.93. The molecule has 0 saturated heterocycles. The molecule has 1 atom stereocenters. The monoisotopic (exact) mass is 277 g/mol. The van der Waals surface area contributed by atoms with Gasteiger partial charge in [0.1, 0.15) is 0 Å². The summed E-state index contributed by atoms with van der Waals surface area (Å²) >= 11 is 0. The molecule has 0 aromatic carbocycles. The highest BCUT2D eigenvalue weighted by Crippen LogP contribution is 2.37. The minimum Gasteiger partial charge on any atom is -0.308 e. The molecule has 1 aliphatic carbocycles. The van der Waals surface area contributed by atoms with E-state index in [2.05, 4.69) is 36.5 Å². The summed E-state index contributed by atoms with van der Waals surface area (Å²) in [7, 11) is 2.01. The summed E-state index contributed by atoms with van der Waals surface area (Å²) in [6.45, 7) is 5.64. The molecule has 1 aliphatic rings. The Morgan fingerprint density at radius 1 is 1.25 bits per heavy atom. The van der Waals surface area contributed by atoms with Crippen molar-refractivity contribution in [2.24, 2.45) is 18.9 Å². The predicted molar refractivity (Wildman–Crippen MR) is 84.6 cm³/mol. The summed E-state index contributed by atoms with van der Waals surface area (Å²) in [5.74, 6) is 1.75. The molecule has 1 fully saturated rings. The third-order valence-corrected chi connectivity index (χ3v) is 4.73. The van der Waals surface area contributed by atoms with E-state index in [0.717, 1.165) is 18.4 Å². The maximum atomic E-state index is 4.65. The van der Waals surface area contributed by atoms with E-state index in [1.165, 1.54) is 50.6 Å². The Morgan fingerprint density at radius 3 is 2.55 bits per heavy atom. The molecule has 20 heavy (non-hydrogen) atoms. The van der Waals surface area contributed by atoms with Crippen molar-refractivity contribution in [3.05, 3.63) is 18.0 Å². The molecule has 1 unspecified atom stereocenters. The van der Waals surface area contributed by atoms with Gasteiger partial charge in [-0.1, -0.05) is 39.5 Å². The summed E-state index contributed by atoms with van der Waals surface area (Å²) in [4.78, 5) is 0. The summed E-state index contributed by atoms with van der Waals surface area (Å²) in [5, 5.41) is 8.39. The Balaban J connectivity index is 1.97. The Hall–Kier alpha value is -0.830. The van der Waals surface area contributed by atoms with Gasteiger partial charge in [0.25, 0.3) is 0 Å². The second-order valence-electron chi connectivity index (χ2n) is 6.42. The highest BCUT2D eigenvalue weighted by molar-refractivity contribution is 5.07. The van der Waals surface area contributed by atoms with Crippen LogP contribution in [0.1, 0.15) is 70.5 Å². The first kappa shape index (κ1) is 15.6. The van der Waals surface area contributed by atoms with E-state index in [0.29, 0.717) is 6.04 Å². The van der Waals surface area contributed by atoms with Gasteiger partial charge in [0.05, 0.1) is 11.7 Å². The van der Waals surface area contributed by atoms with E-state index in [1.807, 2.05) is 11.7 Å². The first-order chi connectivity index (χ1) is 9.74. The number of nitrogens with one attached hydrogen (secondary N) is 1. The van der Waals surface area contributed by atoms with Gasteiger partial charge in [0.15, 0.2) is 0 Å². The van der Waals surface area contributed by atoms with Gasteiger partial charge in [-0.15, -0.1) is 0 Å². The lowest BCUT2D eigenvalue weighted by molar-refractivity contribution is 0.212. The molecule has 0 radical (unpaired) electrons. The number of hydrogen-bond acceptors (Lipinski definition) is 2. The third-order valence-electron chi connectivity index (χ3n) is 4.73. The Bertz CT molecular complexity index is 377. The van der Waals surface area contributed by atoms with Crippen LogP contribution in [0.25, 0.3) is 0 Å². The quantitative estimate of drug-likeness (QED) is 0.814. The molecule has 1 aromatic rings. The first-order valence-electron chi connectivity index (χ1n) is 8.47. The van der Waals surface area contributed by atoms with Crippen LogP contribution in [0, 0.1) is 11.8 Å². The van der Waals surface area contributed by atoms with E-state index in [9.17, 15) is 0 Å². The Kier molecular flexibility index (Phi) is 6.08. The van der Waals surface area contributed by atoms with Crippen LogP contribution in [0.4, 0.5) is 0 Å². The SMILES string of the molecule is CCCNC(c1ccn(C)n1)C1CCC(CCC)CC1. The molecule has 0 spiro atoms. The van der Waals surface area contributed by atoms with Crippen LogP contribution < -0.4 is 5.32 Å². The average Bonchev–Trinajstić information content (AvgIpc) is 2.88. The molecule has 0 aliphatic heterocycles. The average molecular weight is 277 g/mol. The van der Waals surface area contributed by atoms with E-state index >= 15 is 0 Å². The summed E-state index contributed by atoms with van der Waals surface area (Å²) in [5.41, 5.74) is 1.24. The van der Waals surface area contributed by atoms with E-state index in [-0.39, 0.29) is 0 Å². The van der Waals surface area contributed by atoms with Crippen molar-refractivity contribution in [3.63, 3.8) is 0 Å². The van der Waals surface area contributed by atoms with Crippen LogP contribution in [0.3, 0.4) is 0 Å². The fourth-order valence-corrected chi connectivity index (χ4v) is 3.63. The predicted octanol–water partition coefficient (Wildman–Crippen LogP) is 4.07. The van der Waals surface area contributed by atoms with Gasteiger partial charge in [-0.3, -0.25) is 4.68 Å². The van der Waals surface area contributed by atoms with Crippen molar-refractivity contribution in [2.75, 3.05) is 6.54 Å². The normalized spacial score (nSPS) is 24.8. The van der Waals surface area contributed by atoms with Crippen molar-refractivity contribution in [1.29, 1.82) is 0 Å². The second-order valence-corrected chi connectivity index (χ2v) is 6.42. The molecular formula is C17H31N3. The van der Waals surface area contributed by atoms with Gasteiger partial charge in [-0.2, -0.15) is 5.10 Å². The van der Waals surface area contributed by atoms with Crippen molar-refractivity contribution < 1.29 is 0 Å². The minimum absolute atomic E-state index is 0.457. The first-order valence-corrected chi connectivity index (χ1v) is 8.47. The van der Waals surface area contributed by atoms with Gasteiger partial charge in [0.2, 0.25) is 0 Å². The summed E-state index contributed by atoms with van der Waals surface area (Å²) in [6.07, 6.45) is 11.6. The lowest BCUT2D eigenvalue weighted by Gasteiger charge is -2.33. The van der Waals surface area contributed by atoms with E-state index < -0.39 is 0 Å². The van der Waals surface area contributed by atoms with Crippen molar-refractivity contribution >= 4 is 0 Å². The maximum Gasteiger partial charge on any atom is 0.0796 e. The smallest absolute Gasteiger partial charge is 0.0796 e. The fourth-order valence-electron chi connectivity index (χ4n) is 3.63. The molecule has 0 bridgehead atoms. The second kappa shape index (κ2) is 7.82. The molecule has 1 saturated carbocycles. The molecule has 1 heterocycles. The standard InChI is InChI=1S/C17H31N3/c1-4-6-14-7-9-15(10-8-14)17(18-12-5-2)16-11-13-20(3)19-16/h11,13-15,17-18H,4-10,12H2,1-3H3. The van der Waals surface area contributed by atoms with Gasteiger partial charge in [-0.05, 0) is 43.7 Å².